The fraction of sp³-hybridized carbons (Fsp3) is 0.429. The zero-order valence-electron chi connectivity index (χ0n) is 18.1. The van der Waals surface area contributed by atoms with E-state index >= 15 is 0 Å². The van der Waals surface area contributed by atoms with E-state index in [9.17, 15) is 18.3 Å². The van der Waals surface area contributed by atoms with E-state index in [1.54, 1.807) is 36.1 Å². The molecule has 174 valence electrons. The number of aliphatic hydroxyl groups is 1. The quantitative estimate of drug-likeness (QED) is 0.485. The normalized spacial score (nSPS) is 19.5. The van der Waals surface area contributed by atoms with Gasteiger partial charge in [-0.05, 0) is 38.0 Å². The second-order valence-electron chi connectivity index (χ2n) is 8.38. The number of aliphatic hydroxyl groups excluding tert-OH is 1. The number of hydrogen-bond acceptors (Lipinski definition) is 6. The summed E-state index contributed by atoms with van der Waals surface area (Å²) in [6.07, 6.45) is -0.702. The molecule has 5 heterocycles. The number of nitrogens with one attached hydrogen (secondary N) is 1. The lowest BCUT2D eigenvalue weighted by molar-refractivity contribution is -0.141. The smallest absolute Gasteiger partial charge is 0.393 e. The summed E-state index contributed by atoms with van der Waals surface area (Å²) in [6, 6.07) is 5.16. The maximum Gasteiger partial charge on any atom is 0.408 e. The van der Waals surface area contributed by atoms with Crippen LogP contribution in [0, 0.1) is 0 Å². The minimum atomic E-state index is -4.47. The lowest BCUT2D eigenvalue weighted by Crippen LogP contribution is -2.43. The molecule has 0 aliphatic carbocycles. The summed E-state index contributed by atoms with van der Waals surface area (Å²) >= 11 is 0. The molecule has 4 aromatic rings. The van der Waals surface area contributed by atoms with E-state index in [1.165, 1.54) is 6.20 Å². The van der Waals surface area contributed by atoms with Gasteiger partial charge < -0.3 is 10.0 Å². The van der Waals surface area contributed by atoms with Crippen LogP contribution < -0.4 is 4.90 Å². The minimum absolute atomic E-state index is 0.0800. The number of halogens is 3. The summed E-state index contributed by atoms with van der Waals surface area (Å²) in [5.41, 5.74) is 3.30. The Labute approximate surface area is 186 Å². The number of alkyl halides is 3. The van der Waals surface area contributed by atoms with Crippen molar-refractivity contribution in [2.45, 2.75) is 44.6 Å². The molecule has 1 aliphatic rings. The van der Waals surface area contributed by atoms with Gasteiger partial charge in [0.2, 0.25) is 0 Å². The number of fused-ring (bicyclic) bond motifs is 1. The Morgan fingerprint density at radius 2 is 2.06 bits per heavy atom. The minimum Gasteiger partial charge on any atom is -0.393 e. The molecule has 0 radical (unpaired) electrons. The molecule has 2 atom stereocenters. The number of anilines is 1. The number of nitrogens with zero attached hydrogens (tertiary/aromatic N) is 7. The SMILES string of the molecule is C[C@@H]1C[C@H](O)CCN1c1cc(-c2ccnn2C)nc2c(-c3ccn[nH]3)nn(CC(F)(F)F)c12. The van der Waals surface area contributed by atoms with Gasteiger partial charge in [-0.15, -0.1) is 0 Å². The predicted molar refractivity (Wildman–Crippen MR) is 115 cm³/mol. The molecule has 2 N–H and O–H groups in total. The number of H-pyrrole nitrogens is 1. The summed E-state index contributed by atoms with van der Waals surface area (Å²) in [7, 11) is 1.78. The van der Waals surface area contributed by atoms with E-state index in [1.807, 2.05) is 11.8 Å². The molecule has 0 aromatic carbocycles. The molecule has 5 rings (SSSR count). The lowest BCUT2D eigenvalue weighted by atomic mass is 9.99. The molecule has 33 heavy (non-hydrogen) atoms. The summed E-state index contributed by atoms with van der Waals surface area (Å²) < 4.78 is 43.2. The molecular weight excluding hydrogens is 437 g/mol. The second kappa shape index (κ2) is 7.87. The van der Waals surface area contributed by atoms with Crippen LogP contribution in [0.25, 0.3) is 33.8 Å². The number of rotatable bonds is 4. The first kappa shape index (κ1) is 21.4. The highest BCUT2D eigenvalue weighted by Gasteiger charge is 2.34. The average Bonchev–Trinajstić information content (AvgIpc) is 3.47. The topological polar surface area (TPSA) is 101 Å². The number of aromatic amines is 1. The Hall–Kier alpha value is -3.41. The van der Waals surface area contributed by atoms with Crippen LogP contribution in [0.15, 0.2) is 30.6 Å². The van der Waals surface area contributed by atoms with Crippen molar-refractivity contribution in [3.63, 3.8) is 0 Å². The Bertz CT molecular complexity index is 1280. The van der Waals surface area contributed by atoms with E-state index in [0.29, 0.717) is 53.2 Å². The number of piperidine rings is 1. The Balaban J connectivity index is 1.81. The highest BCUT2D eigenvalue weighted by Crippen LogP contribution is 2.38. The molecule has 4 aromatic heterocycles. The maximum absolute atomic E-state index is 13.5. The molecule has 0 bridgehead atoms. The van der Waals surface area contributed by atoms with Gasteiger partial charge in [0.25, 0.3) is 0 Å². The van der Waals surface area contributed by atoms with Gasteiger partial charge in [0, 0.05) is 32.0 Å². The molecule has 1 fully saturated rings. The van der Waals surface area contributed by atoms with E-state index in [4.69, 9.17) is 4.98 Å². The summed E-state index contributed by atoms with van der Waals surface area (Å²) in [5.74, 6) is 0. The summed E-state index contributed by atoms with van der Waals surface area (Å²) in [4.78, 5) is 6.77. The zero-order valence-corrected chi connectivity index (χ0v) is 18.1. The van der Waals surface area contributed by atoms with Gasteiger partial charge in [0.05, 0.1) is 28.9 Å². The van der Waals surface area contributed by atoms with Gasteiger partial charge >= 0.3 is 6.18 Å². The molecule has 12 heteroatoms. The van der Waals surface area contributed by atoms with Crippen LogP contribution in [0.2, 0.25) is 0 Å². The largest absolute Gasteiger partial charge is 0.408 e. The van der Waals surface area contributed by atoms with Crippen LogP contribution in [0.5, 0.6) is 0 Å². The van der Waals surface area contributed by atoms with Crippen molar-refractivity contribution >= 4 is 16.7 Å². The molecule has 0 spiro atoms. The van der Waals surface area contributed by atoms with E-state index in [2.05, 4.69) is 20.4 Å². The monoisotopic (exact) mass is 460 g/mol. The molecule has 0 amide bonds. The van der Waals surface area contributed by atoms with Crippen molar-refractivity contribution < 1.29 is 18.3 Å². The van der Waals surface area contributed by atoms with Crippen molar-refractivity contribution in [2.24, 2.45) is 7.05 Å². The highest BCUT2D eigenvalue weighted by molar-refractivity contribution is 5.99. The Morgan fingerprint density at radius 3 is 2.70 bits per heavy atom. The van der Waals surface area contributed by atoms with Gasteiger partial charge in [-0.1, -0.05) is 0 Å². The van der Waals surface area contributed by atoms with Crippen LogP contribution >= 0.6 is 0 Å². The molecule has 0 saturated carbocycles. The number of hydrogen-bond donors (Lipinski definition) is 2. The third kappa shape index (κ3) is 3.94. The third-order valence-corrected chi connectivity index (χ3v) is 6.00. The predicted octanol–water partition coefficient (Wildman–Crippen LogP) is 3.13. The van der Waals surface area contributed by atoms with Gasteiger partial charge in [0.1, 0.15) is 23.3 Å². The van der Waals surface area contributed by atoms with Crippen LogP contribution in [0.1, 0.15) is 19.8 Å². The molecule has 9 nitrogen and oxygen atoms in total. The first-order valence-corrected chi connectivity index (χ1v) is 10.6. The fourth-order valence-corrected chi connectivity index (χ4v) is 4.50. The van der Waals surface area contributed by atoms with Gasteiger partial charge in [-0.2, -0.15) is 28.5 Å². The maximum atomic E-state index is 13.5. The van der Waals surface area contributed by atoms with Crippen molar-refractivity contribution in [3.05, 3.63) is 30.6 Å². The van der Waals surface area contributed by atoms with Gasteiger partial charge in [-0.3, -0.25) is 14.5 Å². The standard InChI is InChI=1S/C21H23F3N8O/c1-12-9-13(33)5-8-31(12)17-10-15(16-4-7-26-30(16)2)27-19-18(14-3-6-25-28-14)29-32(20(17)19)11-21(22,23)24/h3-4,6-7,10,12-13,33H,5,8-9,11H2,1-2H3,(H,25,28)/t12-,13-/m1/s1. The number of aromatic nitrogens is 7. The van der Waals surface area contributed by atoms with E-state index in [0.717, 1.165) is 10.4 Å². The zero-order chi connectivity index (χ0) is 23.3. The van der Waals surface area contributed by atoms with E-state index in [-0.39, 0.29) is 6.04 Å². The average molecular weight is 460 g/mol. The molecule has 1 saturated heterocycles. The van der Waals surface area contributed by atoms with Crippen molar-refractivity contribution in [2.75, 3.05) is 11.4 Å². The highest BCUT2D eigenvalue weighted by atomic mass is 19.4. The van der Waals surface area contributed by atoms with Crippen LogP contribution in [-0.2, 0) is 13.6 Å². The fourth-order valence-electron chi connectivity index (χ4n) is 4.50. The number of pyridine rings is 1. The molecular formula is C21H23F3N8O. The van der Waals surface area contributed by atoms with Gasteiger partial charge in [-0.25, -0.2) is 4.98 Å². The van der Waals surface area contributed by atoms with Crippen LogP contribution in [-0.4, -0.2) is 64.7 Å². The number of aryl methyl sites for hydroxylation is 1. The summed E-state index contributed by atoms with van der Waals surface area (Å²) in [6.45, 7) is 1.21. The van der Waals surface area contributed by atoms with E-state index < -0.39 is 18.8 Å². The molecule has 1 aliphatic heterocycles. The Morgan fingerprint density at radius 1 is 1.24 bits per heavy atom. The first-order valence-electron chi connectivity index (χ1n) is 10.6. The van der Waals surface area contributed by atoms with Gasteiger partial charge in [0.15, 0.2) is 0 Å². The summed E-state index contributed by atoms with van der Waals surface area (Å²) in [5, 5.41) is 25.4. The van der Waals surface area contributed by atoms with Crippen molar-refractivity contribution in [1.29, 1.82) is 0 Å². The van der Waals surface area contributed by atoms with Crippen LogP contribution in [0.3, 0.4) is 0 Å². The molecule has 0 unspecified atom stereocenters. The first-order chi connectivity index (χ1) is 15.7. The third-order valence-electron chi connectivity index (χ3n) is 6.00. The van der Waals surface area contributed by atoms with Crippen LogP contribution in [0.4, 0.5) is 18.9 Å². The lowest BCUT2D eigenvalue weighted by Gasteiger charge is -2.38. The second-order valence-corrected chi connectivity index (χ2v) is 8.38. The Kier molecular flexibility index (Phi) is 5.11. The van der Waals surface area contributed by atoms with Crippen molar-refractivity contribution in [1.82, 2.24) is 34.7 Å². The van der Waals surface area contributed by atoms with Crippen molar-refractivity contribution in [3.8, 4) is 22.8 Å².